The molecule has 25 heavy (non-hydrogen) atoms. The summed E-state index contributed by atoms with van der Waals surface area (Å²) < 4.78 is 15.9. The number of carbonyl (C=O) groups is 1. The predicted octanol–water partition coefficient (Wildman–Crippen LogP) is 2.63. The van der Waals surface area contributed by atoms with E-state index in [4.69, 9.17) is 14.2 Å². The van der Waals surface area contributed by atoms with Gasteiger partial charge in [0, 0.05) is 29.1 Å². The number of nitrogens with zero attached hydrogens (tertiary/aromatic N) is 2. The van der Waals surface area contributed by atoms with Gasteiger partial charge in [-0.25, -0.2) is 9.97 Å². The van der Waals surface area contributed by atoms with Crippen molar-refractivity contribution in [2.24, 2.45) is 0 Å². The normalized spacial score (nSPS) is 12.9. The number of amides is 1. The van der Waals surface area contributed by atoms with Crippen LogP contribution in [0.4, 0.5) is 5.69 Å². The number of rotatable bonds is 5. The van der Waals surface area contributed by atoms with Crippen molar-refractivity contribution in [2.75, 3.05) is 26.6 Å². The van der Waals surface area contributed by atoms with Gasteiger partial charge in [0.15, 0.2) is 11.5 Å². The first-order valence-electron chi connectivity index (χ1n) is 8.12. The molecular weight excluding hydrogens is 322 g/mol. The van der Waals surface area contributed by atoms with E-state index in [1.807, 2.05) is 0 Å². The molecule has 3 rings (SSSR count). The van der Waals surface area contributed by atoms with Crippen LogP contribution in [0.25, 0.3) is 0 Å². The van der Waals surface area contributed by atoms with E-state index >= 15 is 0 Å². The van der Waals surface area contributed by atoms with Crippen molar-refractivity contribution in [1.29, 1.82) is 0 Å². The number of ether oxygens (including phenoxy) is 3. The monoisotopic (exact) mass is 343 g/mol. The van der Waals surface area contributed by atoms with Gasteiger partial charge in [-0.3, -0.25) is 4.79 Å². The van der Waals surface area contributed by atoms with Gasteiger partial charge in [-0.2, -0.15) is 0 Å². The minimum atomic E-state index is -0.269. The quantitative estimate of drug-likeness (QED) is 0.899. The van der Waals surface area contributed by atoms with Gasteiger partial charge in [0.2, 0.25) is 5.75 Å². The first-order valence-corrected chi connectivity index (χ1v) is 8.12. The van der Waals surface area contributed by atoms with Gasteiger partial charge in [-0.1, -0.05) is 0 Å². The Morgan fingerprint density at radius 2 is 1.68 bits per heavy atom. The fourth-order valence-corrected chi connectivity index (χ4v) is 3.06. The molecule has 132 valence electrons. The Balaban J connectivity index is 1.91. The third-order valence-corrected chi connectivity index (χ3v) is 4.26. The van der Waals surface area contributed by atoms with E-state index in [9.17, 15) is 4.79 Å². The van der Waals surface area contributed by atoms with Crippen LogP contribution in [0.5, 0.6) is 17.2 Å². The Morgan fingerprint density at radius 1 is 1.00 bits per heavy atom. The number of benzene rings is 1. The fraction of sp³-hybridized carbons (Fsp3) is 0.389. The van der Waals surface area contributed by atoms with Gasteiger partial charge in [0.05, 0.1) is 21.3 Å². The summed E-state index contributed by atoms with van der Waals surface area (Å²) in [7, 11) is 4.60. The minimum Gasteiger partial charge on any atom is -0.493 e. The molecule has 1 amide bonds. The second kappa shape index (κ2) is 7.38. The van der Waals surface area contributed by atoms with Crippen LogP contribution in [0.2, 0.25) is 0 Å². The van der Waals surface area contributed by atoms with Crippen molar-refractivity contribution in [1.82, 2.24) is 9.97 Å². The molecule has 0 aliphatic heterocycles. The molecule has 0 atom stereocenters. The SMILES string of the molecule is COc1cc(NC(=O)c2ncnc3c2CCCC3)cc(OC)c1OC. The van der Waals surface area contributed by atoms with Crippen LogP contribution in [-0.2, 0) is 12.8 Å². The lowest BCUT2D eigenvalue weighted by atomic mass is 9.94. The van der Waals surface area contributed by atoms with E-state index in [1.165, 1.54) is 27.7 Å². The van der Waals surface area contributed by atoms with Crippen molar-refractivity contribution in [3.8, 4) is 17.2 Å². The topological polar surface area (TPSA) is 82.6 Å². The minimum absolute atomic E-state index is 0.269. The fourth-order valence-electron chi connectivity index (χ4n) is 3.06. The molecular formula is C18H21N3O4. The third kappa shape index (κ3) is 3.35. The largest absolute Gasteiger partial charge is 0.493 e. The lowest BCUT2D eigenvalue weighted by Gasteiger charge is -2.18. The zero-order valence-corrected chi connectivity index (χ0v) is 14.6. The Hall–Kier alpha value is -2.83. The molecule has 0 spiro atoms. The maximum atomic E-state index is 12.7. The van der Waals surface area contributed by atoms with E-state index in [0.717, 1.165) is 36.9 Å². The smallest absolute Gasteiger partial charge is 0.274 e. The molecule has 0 saturated carbocycles. The van der Waals surface area contributed by atoms with E-state index < -0.39 is 0 Å². The molecule has 0 radical (unpaired) electrons. The van der Waals surface area contributed by atoms with E-state index in [1.54, 1.807) is 12.1 Å². The van der Waals surface area contributed by atoms with Crippen LogP contribution in [0.1, 0.15) is 34.6 Å². The first-order chi connectivity index (χ1) is 12.2. The summed E-state index contributed by atoms with van der Waals surface area (Å²) in [5.41, 5.74) is 2.89. The number of hydrogen-bond donors (Lipinski definition) is 1. The first kappa shape index (κ1) is 17.0. The molecule has 7 nitrogen and oxygen atoms in total. The van der Waals surface area contributed by atoms with Crippen LogP contribution in [0.3, 0.4) is 0 Å². The Labute approximate surface area is 146 Å². The van der Waals surface area contributed by atoms with Crippen molar-refractivity contribution >= 4 is 11.6 Å². The molecule has 1 N–H and O–H groups in total. The maximum absolute atomic E-state index is 12.7. The van der Waals surface area contributed by atoms with Crippen LogP contribution in [-0.4, -0.2) is 37.2 Å². The Kier molecular flexibility index (Phi) is 5.02. The van der Waals surface area contributed by atoms with Gasteiger partial charge in [-0.15, -0.1) is 0 Å². The Morgan fingerprint density at radius 3 is 2.32 bits per heavy atom. The number of aryl methyl sites for hydroxylation is 1. The number of fused-ring (bicyclic) bond motifs is 1. The van der Waals surface area contributed by atoms with E-state index in [0.29, 0.717) is 28.6 Å². The average molecular weight is 343 g/mol. The second-order valence-corrected chi connectivity index (χ2v) is 5.72. The average Bonchev–Trinajstić information content (AvgIpc) is 2.66. The van der Waals surface area contributed by atoms with Gasteiger partial charge >= 0.3 is 0 Å². The zero-order chi connectivity index (χ0) is 17.8. The van der Waals surface area contributed by atoms with E-state index in [2.05, 4.69) is 15.3 Å². The molecule has 1 aliphatic rings. The molecule has 1 aromatic carbocycles. The number of aromatic nitrogens is 2. The highest BCUT2D eigenvalue weighted by Crippen LogP contribution is 2.40. The van der Waals surface area contributed by atoms with Gasteiger partial charge < -0.3 is 19.5 Å². The number of anilines is 1. The van der Waals surface area contributed by atoms with Gasteiger partial charge in [-0.05, 0) is 25.7 Å². The molecule has 0 bridgehead atoms. The van der Waals surface area contributed by atoms with Crippen LogP contribution >= 0.6 is 0 Å². The summed E-state index contributed by atoms with van der Waals surface area (Å²) in [6.07, 6.45) is 5.31. The Bertz CT molecular complexity index is 767. The molecule has 2 aromatic rings. The van der Waals surface area contributed by atoms with Gasteiger partial charge in [0.25, 0.3) is 5.91 Å². The summed E-state index contributed by atoms with van der Waals surface area (Å²) in [6.45, 7) is 0. The standard InChI is InChI=1S/C18H21N3O4/c1-23-14-8-11(9-15(24-2)17(14)25-3)21-18(22)16-12-6-4-5-7-13(12)19-10-20-16/h8-10H,4-7H2,1-3H3,(H,21,22). The van der Waals surface area contributed by atoms with Crippen molar-refractivity contribution in [2.45, 2.75) is 25.7 Å². The highest BCUT2D eigenvalue weighted by molar-refractivity contribution is 6.04. The number of hydrogen-bond acceptors (Lipinski definition) is 6. The predicted molar refractivity (Wildman–Crippen MR) is 92.7 cm³/mol. The second-order valence-electron chi connectivity index (χ2n) is 5.72. The number of methoxy groups -OCH3 is 3. The van der Waals surface area contributed by atoms with Crippen molar-refractivity contribution in [3.63, 3.8) is 0 Å². The molecule has 1 aliphatic carbocycles. The van der Waals surface area contributed by atoms with Crippen LogP contribution in [0, 0.1) is 0 Å². The maximum Gasteiger partial charge on any atom is 0.274 e. The summed E-state index contributed by atoms with van der Waals surface area (Å²) in [6, 6.07) is 3.37. The summed E-state index contributed by atoms with van der Waals surface area (Å²) in [4.78, 5) is 21.2. The lowest BCUT2D eigenvalue weighted by Crippen LogP contribution is -2.20. The molecule has 1 aromatic heterocycles. The summed E-state index contributed by atoms with van der Waals surface area (Å²) >= 11 is 0. The summed E-state index contributed by atoms with van der Waals surface area (Å²) in [5, 5.41) is 2.86. The third-order valence-electron chi connectivity index (χ3n) is 4.26. The van der Waals surface area contributed by atoms with Crippen LogP contribution < -0.4 is 19.5 Å². The number of carbonyl (C=O) groups excluding carboxylic acids is 1. The molecule has 7 heteroatoms. The van der Waals surface area contributed by atoms with Gasteiger partial charge in [0.1, 0.15) is 12.0 Å². The molecule has 0 saturated heterocycles. The molecule has 1 heterocycles. The summed E-state index contributed by atoms with van der Waals surface area (Å²) in [5.74, 6) is 1.15. The highest BCUT2D eigenvalue weighted by Gasteiger charge is 2.21. The lowest BCUT2D eigenvalue weighted by molar-refractivity contribution is 0.102. The zero-order valence-electron chi connectivity index (χ0n) is 14.6. The molecule has 0 unspecified atom stereocenters. The number of nitrogens with one attached hydrogen (secondary N) is 1. The van der Waals surface area contributed by atoms with Crippen molar-refractivity contribution < 1.29 is 19.0 Å². The van der Waals surface area contributed by atoms with Crippen molar-refractivity contribution in [3.05, 3.63) is 35.4 Å². The van der Waals surface area contributed by atoms with Crippen LogP contribution in [0.15, 0.2) is 18.5 Å². The van der Waals surface area contributed by atoms with E-state index in [-0.39, 0.29) is 5.91 Å². The molecule has 0 fully saturated rings. The highest BCUT2D eigenvalue weighted by atomic mass is 16.5.